The lowest BCUT2D eigenvalue weighted by atomic mass is 10.1. The summed E-state index contributed by atoms with van der Waals surface area (Å²) in [5.41, 5.74) is 1.56. The number of benzene rings is 1. The number of morpholine rings is 1. The number of ether oxygens (including phenoxy) is 2. The van der Waals surface area contributed by atoms with Gasteiger partial charge in [0.1, 0.15) is 16.7 Å². The molecule has 1 fully saturated rings. The molecule has 1 unspecified atom stereocenters. The molecule has 2 heterocycles. The maximum Gasteiger partial charge on any atom is 0.247 e. The second-order valence-corrected chi connectivity index (χ2v) is 7.81. The Kier molecular flexibility index (Phi) is 4.81. The molecule has 1 aliphatic heterocycles. The molecule has 136 valence electrons. The number of rotatable bonds is 4. The van der Waals surface area contributed by atoms with Crippen molar-refractivity contribution in [1.29, 1.82) is 0 Å². The van der Waals surface area contributed by atoms with Crippen LogP contribution in [-0.2, 0) is 14.8 Å². The maximum absolute atomic E-state index is 13.4. The van der Waals surface area contributed by atoms with Crippen molar-refractivity contribution < 1.29 is 22.3 Å². The van der Waals surface area contributed by atoms with Gasteiger partial charge in [-0.15, -0.1) is 10.2 Å². The topological polar surface area (TPSA) is 94.8 Å². The van der Waals surface area contributed by atoms with Crippen molar-refractivity contribution >= 4 is 10.0 Å². The SMILES string of the molecule is COc1cc(C)cc(C)c1S(=O)(=O)N1CCOCC1c1nnc(C)o1. The van der Waals surface area contributed by atoms with Gasteiger partial charge in [-0.1, -0.05) is 6.07 Å². The number of hydrogen-bond donors (Lipinski definition) is 0. The van der Waals surface area contributed by atoms with Crippen molar-refractivity contribution in [2.75, 3.05) is 26.9 Å². The van der Waals surface area contributed by atoms with E-state index >= 15 is 0 Å². The van der Waals surface area contributed by atoms with Gasteiger partial charge in [0.15, 0.2) is 0 Å². The number of nitrogens with zero attached hydrogens (tertiary/aromatic N) is 3. The Bertz CT molecular complexity index is 878. The van der Waals surface area contributed by atoms with E-state index in [2.05, 4.69) is 10.2 Å². The van der Waals surface area contributed by atoms with Crippen LogP contribution in [0.25, 0.3) is 0 Å². The van der Waals surface area contributed by atoms with Crippen molar-refractivity contribution in [2.24, 2.45) is 0 Å². The maximum atomic E-state index is 13.4. The molecule has 3 rings (SSSR count). The summed E-state index contributed by atoms with van der Waals surface area (Å²) in [4.78, 5) is 0.156. The van der Waals surface area contributed by atoms with Crippen molar-refractivity contribution in [3.05, 3.63) is 35.0 Å². The lowest BCUT2D eigenvalue weighted by Gasteiger charge is -2.33. The van der Waals surface area contributed by atoms with Crippen LogP contribution < -0.4 is 4.74 Å². The zero-order chi connectivity index (χ0) is 18.2. The molecule has 0 bridgehead atoms. The lowest BCUT2D eigenvalue weighted by molar-refractivity contribution is 0.0220. The molecule has 25 heavy (non-hydrogen) atoms. The van der Waals surface area contributed by atoms with Crippen LogP contribution in [0.3, 0.4) is 0 Å². The zero-order valence-electron chi connectivity index (χ0n) is 14.6. The number of aryl methyl sites for hydroxylation is 3. The Labute approximate surface area is 146 Å². The van der Waals surface area contributed by atoms with E-state index in [0.29, 0.717) is 23.8 Å². The summed E-state index contributed by atoms with van der Waals surface area (Å²) in [7, 11) is -2.38. The van der Waals surface area contributed by atoms with Gasteiger partial charge in [0, 0.05) is 13.5 Å². The molecule has 1 aromatic heterocycles. The monoisotopic (exact) mass is 367 g/mol. The first-order chi connectivity index (χ1) is 11.8. The van der Waals surface area contributed by atoms with Gasteiger partial charge in [0.25, 0.3) is 0 Å². The fourth-order valence-corrected chi connectivity index (χ4v) is 4.93. The number of methoxy groups -OCH3 is 1. The highest BCUT2D eigenvalue weighted by Crippen LogP contribution is 2.36. The molecule has 1 atom stereocenters. The average molecular weight is 367 g/mol. The Balaban J connectivity index is 2.09. The van der Waals surface area contributed by atoms with Gasteiger partial charge in [-0.2, -0.15) is 4.31 Å². The summed E-state index contributed by atoms with van der Waals surface area (Å²) in [5, 5.41) is 7.77. The summed E-state index contributed by atoms with van der Waals surface area (Å²) in [6.45, 7) is 5.97. The van der Waals surface area contributed by atoms with Crippen LogP contribution in [0.15, 0.2) is 21.4 Å². The second kappa shape index (κ2) is 6.74. The summed E-state index contributed by atoms with van der Waals surface area (Å²) >= 11 is 0. The standard InChI is InChI=1S/C16H21N3O5S/c1-10-7-11(2)15(14(8-10)22-4)25(20,21)19-5-6-23-9-13(19)16-18-17-12(3)24-16/h7-8,13H,5-6,9H2,1-4H3. The second-order valence-electron chi connectivity index (χ2n) is 5.98. The van der Waals surface area contributed by atoms with E-state index in [4.69, 9.17) is 13.9 Å². The number of hydrogen-bond acceptors (Lipinski definition) is 7. The lowest BCUT2D eigenvalue weighted by Crippen LogP contribution is -2.43. The van der Waals surface area contributed by atoms with Crippen LogP contribution in [0, 0.1) is 20.8 Å². The van der Waals surface area contributed by atoms with Gasteiger partial charge < -0.3 is 13.9 Å². The molecule has 9 heteroatoms. The summed E-state index contributed by atoms with van der Waals surface area (Å²) in [6, 6.07) is 2.87. The van der Waals surface area contributed by atoms with Gasteiger partial charge in [0.2, 0.25) is 21.8 Å². The van der Waals surface area contributed by atoms with Crippen LogP contribution in [0.1, 0.15) is 29.0 Å². The van der Waals surface area contributed by atoms with E-state index in [1.807, 2.05) is 13.0 Å². The Morgan fingerprint density at radius 1 is 1.24 bits per heavy atom. The first-order valence-electron chi connectivity index (χ1n) is 7.89. The molecular formula is C16H21N3O5S. The van der Waals surface area contributed by atoms with E-state index < -0.39 is 16.1 Å². The highest BCUT2D eigenvalue weighted by Gasteiger charge is 2.40. The normalized spacial score (nSPS) is 19.1. The quantitative estimate of drug-likeness (QED) is 0.812. The highest BCUT2D eigenvalue weighted by molar-refractivity contribution is 7.89. The van der Waals surface area contributed by atoms with E-state index in [1.165, 1.54) is 11.4 Å². The highest BCUT2D eigenvalue weighted by atomic mass is 32.2. The molecule has 0 spiro atoms. The Hall–Kier alpha value is -1.97. The minimum atomic E-state index is -3.84. The van der Waals surface area contributed by atoms with Gasteiger partial charge in [-0.3, -0.25) is 0 Å². The summed E-state index contributed by atoms with van der Waals surface area (Å²) < 4.78 is 44.4. The molecule has 0 amide bonds. The van der Waals surface area contributed by atoms with Gasteiger partial charge in [0.05, 0.1) is 20.3 Å². The Morgan fingerprint density at radius 2 is 2.00 bits per heavy atom. The summed E-state index contributed by atoms with van der Waals surface area (Å²) in [6.07, 6.45) is 0. The fourth-order valence-electron chi connectivity index (χ4n) is 3.03. The van der Waals surface area contributed by atoms with Crippen LogP contribution in [0.5, 0.6) is 5.75 Å². The summed E-state index contributed by atoms with van der Waals surface area (Å²) in [5.74, 6) is 0.927. The number of sulfonamides is 1. The molecule has 8 nitrogen and oxygen atoms in total. The fraction of sp³-hybridized carbons (Fsp3) is 0.500. The first kappa shape index (κ1) is 17.8. The molecule has 0 aliphatic carbocycles. The average Bonchev–Trinajstić information content (AvgIpc) is 3.00. The van der Waals surface area contributed by atoms with E-state index in [1.54, 1.807) is 19.9 Å². The smallest absolute Gasteiger partial charge is 0.247 e. The third-order valence-corrected chi connectivity index (χ3v) is 6.17. The van der Waals surface area contributed by atoms with Crippen molar-refractivity contribution in [3.8, 4) is 5.75 Å². The van der Waals surface area contributed by atoms with Gasteiger partial charge in [-0.25, -0.2) is 8.42 Å². The molecule has 1 aliphatic rings. The molecule has 2 aromatic rings. The Morgan fingerprint density at radius 3 is 2.64 bits per heavy atom. The molecule has 0 saturated carbocycles. The van der Waals surface area contributed by atoms with Gasteiger partial charge >= 0.3 is 0 Å². The van der Waals surface area contributed by atoms with E-state index in [9.17, 15) is 8.42 Å². The molecule has 1 aromatic carbocycles. The van der Waals surface area contributed by atoms with Crippen LogP contribution in [-0.4, -0.2) is 49.8 Å². The van der Waals surface area contributed by atoms with E-state index in [-0.39, 0.29) is 23.9 Å². The molecular weight excluding hydrogens is 346 g/mol. The van der Waals surface area contributed by atoms with Crippen LogP contribution >= 0.6 is 0 Å². The minimum Gasteiger partial charge on any atom is -0.495 e. The van der Waals surface area contributed by atoms with Crippen molar-refractivity contribution in [1.82, 2.24) is 14.5 Å². The van der Waals surface area contributed by atoms with Gasteiger partial charge in [-0.05, 0) is 31.0 Å². The van der Waals surface area contributed by atoms with Crippen LogP contribution in [0.4, 0.5) is 0 Å². The first-order valence-corrected chi connectivity index (χ1v) is 9.33. The molecule has 1 saturated heterocycles. The molecule has 0 N–H and O–H groups in total. The minimum absolute atomic E-state index is 0.156. The number of aromatic nitrogens is 2. The van der Waals surface area contributed by atoms with Crippen molar-refractivity contribution in [2.45, 2.75) is 31.7 Å². The third kappa shape index (κ3) is 3.26. The zero-order valence-corrected chi connectivity index (χ0v) is 15.5. The van der Waals surface area contributed by atoms with E-state index in [0.717, 1.165) is 5.56 Å². The molecule has 0 radical (unpaired) electrons. The van der Waals surface area contributed by atoms with Crippen LogP contribution in [0.2, 0.25) is 0 Å². The van der Waals surface area contributed by atoms with Crippen molar-refractivity contribution in [3.63, 3.8) is 0 Å². The predicted molar refractivity (Wildman–Crippen MR) is 89.0 cm³/mol. The largest absolute Gasteiger partial charge is 0.495 e. The third-order valence-electron chi connectivity index (χ3n) is 4.08. The predicted octanol–water partition coefficient (Wildman–Crippen LogP) is 1.77.